The Kier molecular flexibility index (Phi) is 3.33. The Morgan fingerprint density at radius 3 is 2.56 bits per heavy atom. The van der Waals surface area contributed by atoms with Gasteiger partial charge in [0.2, 0.25) is 0 Å². The van der Waals surface area contributed by atoms with Gasteiger partial charge in [0.15, 0.2) is 0 Å². The number of carboxylic acids is 1. The highest BCUT2D eigenvalue weighted by Gasteiger charge is 2.61. The van der Waals surface area contributed by atoms with E-state index in [1.54, 1.807) is 6.08 Å². The molecule has 1 aliphatic carbocycles. The highest BCUT2D eigenvalue weighted by Crippen LogP contribution is 2.59. The van der Waals surface area contributed by atoms with Crippen LogP contribution in [-0.2, 0) is 14.3 Å². The summed E-state index contributed by atoms with van der Waals surface area (Å²) in [6, 6.07) is 0. The summed E-state index contributed by atoms with van der Waals surface area (Å²) < 4.78 is 4.80. The normalized spacial score (nSPS) is 33.1. The van der Waals surface area contributed by atoms with Crippen molar-refractivity contribution < 1.29 is 19.4 Å². The monoisotopic (exact) mass is 246 g/mol. The molecule has 0 aromatic rings. The lowest BCUT2D eigenvalue weighted by molar-refractivity contribution is -0.139. The number of ether oxygens (including phenoxy) is 1. The molecule has 2 rings (SSSR count). The van der Waals surface area contributed by atoms with E-state index in [2.05, 4.69) is 0 Å². The van der Waals surface area contributed by atoms with Gasteiger partial charge in [0.25, 0.3) is 0 Å². The van der Waals surface area contributed by atoms with Crippen LogP contribution in [0.5, 0.6) is 0 Å². The molecule has 0 amide bonds. The second-order valence-corrected chi connectivity index (χ2v) is 4.74. The highest BCUT2D eigenvalue weighted by atomic mass is 35.5. The molecule has 1 heterocycles. The van der Waals surface area contributed by atoms with E-state index in [-0.39, 0.29) is 35.6 Å². The predicted octanol–water partition coefficient (Wildman–Crippen LogP) is 1.64. The Hall–Kier alpha value is -1.03. The van der Waals surface area contributed by atoms with E-state index >= 15 is 0 Å². The zero-order valence-corrected chi connectivity index (χ0v) is 10.0. The number of allylic oxidation sites excluding steroid dienone is 1. The Morgan fingerprint density at radius 2 is 2.19 bits per heavy atom. The fourth-order valence-electron chi connectivity index (χ4n) is 2.28. The van der Waals surface area contributed by atoms with E-state index in [0.29, 0.717) is 18.6 Å². The van der Waals surface area contributed by atoms with Gasteiger partial charge in [-0.15, -0.1) is 12.4 Å². The van der Waals surface area contributed by atoms with Gasteiger partial charge >= 0.3 is 11.9 Å². The third-order valence-electron chi connectivity index (χ3n) is 3.42. The quantitative estimate of drug-likeness (QED) is 0.594. The number of carboxylic acid groups (broad SMARTS) is 1. The van der Waals surface area contributed by atoms with E-state index in [1.807, 2.05) is 13.8 Å². The molecule has 1 saturated heterocycles. The Morgan fingerprint density at radius 1 is 1.56 bits per heavy atom. The number of cyclic esters (lactones) is 1. The second-order valence-electron chi connectivity index (χ2n) is 4.74. The topological polar surface area (TPSA) is 63.6 Å². The van der Waals surface area contributed by atoms with Crippen LogP contribution < -0.4 is 0 Å². The van der Waals surface area contributed by atoms with E-state index in [4.69, 9.17) is 9.84 Å². The Labute approximate surface area is 100 Å². The summed E-state index contributed by atoms with van der Waals surface area (Å²) >= 11 is 0. The van der Waals surface area contributed by atoms with Crippen LogP contribution in [0.25, 0.3) is 0 Å². The molecule has 0 aromatic heterocycles. The lowest BCUT2D eigenvalue weighted by atomic mass is 10.1. The summed E-state index contributed by atoms with van der Waals surface area (Å²) in [5, 5.41) is 8.95. The van der Waals surface area contributed by atoms with Gasteiger partial charge in [0, 0.05) is 12.0 Å². The molecule has 90 valence electrons. The van der Waals surface area contributed by atoms with Crippen LogP contribution in [0, 0.1) is 17.3 Å². The van der Waals surface area contributed by atoms with Crippen molar-refractivity contribution in [3.05, 3.63) is 11.6 Å². The fraction of sp³-hybridized carbons (Fsp3) is 0.636. The molecule has 0 aromatic carbocycles. The van der Waals surface area contributed by atoms with Crippen molar-refractivity contribution in [3.8, 4) is 0 Å². The van der Waals surface area contributed by atoms with Crippen molar-refractivity contribution in [2.24, 2.45) is 17.3 Å². The fourth-order valence-corrected chi connectivity index (χ4v) is 2.28. The van der Waals surface area contributed by atoms with Gasteiger partial charge in [-0.1, -0.05) is 19.9 Å². The average molecular weight is 247 g/mol. The number of esters is 1. The molecule has 2 fully saturated rings. The average Bonchev–Trinajstić information content (AvgIpc) is 2.47. The first-order chi connectivity index (χ1) is 6.94. The van der Waals surface area contributed by atoms with Crippen LogP contribution >= 0.6 is 12.4 Å². The molecule has 2 atom stereocenters. The van der Waals surface area contributed by atoms with E-state index in [1.165, 1.54) is 0 Å². The molecule has 5 heteroatoms. The van der Waals surface area contributed by atoms with Gasteiger partial charge < -0.3 is 9.84 Å². The maximum absolute atomic E-state index is 11.2. The van der Waals surface area contributed by atoms with Crippen molar-refractivity contribution in [1.29, 1.82) is 0 Å². The van der Waals surface area contributed by atoms with Crippen LogP contribution in [0.4, 0.5) is 0 Å². The van der Waals surface area contributed by atoms with Gasteiger partial charge in [0.1, 0.15) is 0 Å². The second kappa shape index (κ2) is 4.09. The Bertz CT molecular complexity index is 359. The van der Waals surface area contributed by atoms with Gasteiger partial charge in [-0.2, -0.15) is 0 Å². The van der Waals surface area contributed by atoms with Crippen molar-refractivity contribution in [1.82, 2.24) is 0 Å². The number of carbonyl (C=O) groups excluding carboxylic acids is 1. The molecular weight excluding hydrogens is 232 g/mol. The third kappa shape index (κ3) is 1.94. The smallest absolute Gasteiger partial charge is 0.333 e. The summed E-state index contributed by atoms with van der Waals surface area (Å²) in [7, 11) is 0. The minimum absolute atomic E-state index is 0. The largest absolute Gasteiger partial charge is 0.481 e. The standard InChI is InChI=1S/C11H14O4.ClH/c1-11(2)7(8(11)9(12)13)5-6-3-4-15-10(6)14;/h5,7-8H,3-4H2,1-2H3,(H,12,13);1H. The minimum atomic E-state index is -0.784. The van der Waals surface area contributed by atoms with E-state index < -0.39 is 5.97 Å². The van der Waals surface area contributed by atoms with Crippen LogP contribution in [-0.4, -0.2) is 23.7 Å². The summed E-state index contributed by atoms with van der Waals surface area (Å²) in [5.41, 5.74) is 0.402. The number of halogens is 1. The lowest BCUT2D eigenvalue weighted by Gasteiger charge is -1.97. The predicted molar refractivity (Wildman–Crippen MR) is 59.3 cm³/mol. The first-order valence-electron chi connectivity index (χ1n) is 5.05. The zero-order valence-electron chi connectivity index (χ0n) is 9.23. The lowest BCUT2D eigenvalue weighted by Crippen LogP contribution is -2.03. The highest BCUT2D eigenvalue weighted by molar-refractivity contribution is 5.90. The van der Waals surface area contributed by atoms with Crippen LogP contribution in [0.3, 0.4) is 0 Å². The number of hydrogen-bond acceptors (Lipinski definition) is 3. The summed E-state index contributed by atoms with van der Waals surface area (Å²) in [6.07, 6.45) is 2.39. The molecule has 1 aliphatic heterocycles. The molecular formula is C11H15ClO4. The van der Waals surface area contributed by atoms with Crippen LogP contribution in [0.15, 0.2) is 11.6 Å². The maximum atomic E-state index is 11.2. The van der Waals surface area contributed by atoms with Gasteiger partial charge in [-0.25, -0.2) is 4.79 Å². The van der Waals surface area contributed by atoms with Crippen molar-refractivity contribution >= 4 is 24.3 Å². The van der Waals surface area contributed by atoms with E-state index in [0.717, 1.165) is 0 Å². The first kappa shape index (κ1) is 13.0. The molecule has 1 N–H and O–H groups in total. The maximum Gasteiger partial charge on any atom is 0.333 e. The van der Waals surface area contributed by atoms with E-state index in [9.17, 15) is 9.59 Å². The summed E-state index contributed by atoms with van der Waals surface area (Å²) in [6.45, 7) is 4.25. The molecule has 16 heavy (non-hydrogen) atoms. The molecule has 0 spiro atoms. The van der Waals surface area contributed by atoms with Gasteiger partial charge in [-0.05, 0) is 11.3 Å². The van der Waals surface area contributed by atoms with Gasteiger partial charge in [0.05, 0.1) is 12.5 Å². The first-order valence-corrected chi connectivity index (χ1v) is 5.05. The van der Waals surface area contributed by atoms with Gasteiger partial charge in [-0.3, -0.25) is 4.79 Å². The van der Waals surface area contributed by atoms with Crippen molar-refractivity contribution in [2.45, 2.75) is 20.3 Å². The minimum Gasteiger partial charge on any atom is -0.481 e. The summed E-state index contributed by atoms with van der Waals surface area (Å²) in [5.74, 6) is -1.47. The number of aliphatic carboxylic acids is 1. The summed E-state index contributed by atoms with van der Waals surface area (Å²) in [4.78, 5) is 22.1. The van der Waals surface area contributed by atoms with Crippen molar-refractivity contribution in [3.63, 3.8) is 0 Å². The molecule has 1 saturated carbocycles. The van der Waals surface area contributed by atoms with Crippen molar-refractivity contribution in [2.75, 3.05) is 6.61 Å². The zero-order chi connectivity index (χ0) is 11.2. The van der Waals surface area contributed by atoms with Crippen LogP contribution in [0.1, 0.15) is 20.3 Å². The molecule has 2 aliphatic rings. The number of rotatable bonds is 2. The molecule has 2 unspecified atom stereocenters. The molecule has 4 nitrogen and oxygen atoms in total. The SMILES string of the molecule is CC1(C)C(C=C2CCOC2=O)C1C(=O)O.Cl. The number of hydrogen-bond donors (Lipinski definition) is 1. The molecule has 0 bridgehead atoms. The van der Waals surface area contributed by atoms with Crippen LogP contribution in [0.2, 0.25) is 0 Å². The number of carbonyl (C=O) groups is 2. The third-order valence-corrected chi connectivity index (χ3v) is 3.42. The Balaban J connectivity index is 0.00000128. The molecule has 0 radical (unpaired) electrons.